The van der Waals surface area contributed by atoms with Gasteiger partial charge in [-0.05, 0) is 0 Å². The summed E-state index contributed by atoms with van der Waals surface area (Å²) in [4.78, 5) is 0. The zero-order chi connectivity index (χ0) is 22.8. The SMILES string of the molecule is CC1=Cc2c(C3CC3)cccc2[CH]1[Hf](=[Si]=CC1CCCC1)[CH]1C(C)=Cc2c(C3CC3)cccc21. The van der Waals surface area contributed by atoms with Crippen LogP contribution >= 0.6 is 0 Å². The second-order valence-electron chi connectivity index (χ2n) is 11.7. The van der Waals surface area contributed by atoms with Gasteiger partial charge < -0.3 is 0 Å². The fraction of sp³-hybridized carbons (Fsp3) is 0.469. The third-order valence-corrected chi connectivity index (χ3v) is 30.2. The van der Waals surface area contributed by atoms with E-state index < -0.39 is 20.1 Å². The van der Waals surface area contributed by atoms with Crippen molar-refractivity contribution in [1.29, 1.82) is 0 Å². The molecule has 0 saturated heterocycles. The average molecular weight is 627 g/mol. The van der Waals surface area contributed by atoms with Gasteiger partial charge in [-0.15, -0.1) is 0 Å². The molecule has 0 bridgehead atoms. The van der Waals surface area contributed by atoms with Crippen LogP contribution in [0.15, 0.2) is 47.5 Å². The molecule has 5 aliphatic carbocycles. The zero-order valence-electron chi connectivity index (χ0n) is 20.7. The van der Waals surface area contributed by atoms with Gasteiger partial charge in [-0.1, -0.05) is 0 Å². The molecule has 0 aliphatic heterocycles. The number of fused-ring (bicyclic) bond motifs is 2. The maximum atomic E-state index is 2.88. The van der Waals surface area contributed by atoms with Gasteiger partial charge in [0, 0.05) is 0 Å². The van der Waals surface area contributed by atoms with Crippen LogP contribution in [0.3, 0.4) is 0 Å². The quantitative estimate of drug-likeness (QED) is 0.293. The minimum absolute atomic E-state index is 0.776. The summed E-state index contributed by atoms with van der Waals surface area (Å²) in [5.41, 5.74) is 16.4. The first-order valence-corrected chi connectivity index (χ1v) is 24.4. The number of rotatable bonds is 5. The van der Waals surface area contributed by atoms with Gasteiger partial charge >= 0.3 is 215 Å². The van der Waals surface area contributed by atoms with Crippen molar-refractivity contribution in [3.05, 3.63) is 80.9 Å². The standard InChI is InChI=1S/2C13H13.C6H10Si.Hf/c2*1-9-7-11-3-2-4-12(10-5-6-10)13(11)8-9;7-5-6-3-1-2-4-6;/h2*2-4,7-8,10H,5-6H2,1H3;5-6H,1-4H2;. The Morgan fingerprint density at radius 2 is 1.15 bits per heavy atom. The van der Waals surface area contributed by atoms with Crippen LogP contribution in [-0.2, 0) is 20.1 Å². The Hall–Kier alpha value is -1.12. The van der Waals surface area contributed by atoms with Gasteiger partial charge in [-0.2, -0.15) is 0 Å². The van der Waals surface area contributed by atoms with E-state index in [1.807, 2.05) is 0 Å². The van der Waals surface area contributed by atoms with E-state index in [1.54, 1.807) is 44.5 Å². The monoisotopic (exact) mass is 628 g/mol. The molecule has 0 radical (unpaired) electrons. The fourth-order valence-corrected chi connectivity index (χ4v) is 32.3. The van der Waals surface area contributed by atoms with Gasteiger partial charge in [0.15, 0.2) is 0 Å². The maximum absolute atomic E-state index is 2.88. The topological polar surface area (TPSA) is 0 Å². The molecule has 0 amide bonds. The molecule has 5 aliphatic rings. The molecule has 0 aromatic heterocycles. The van der Waals surface area contributed by atoms with Gasteiger partial charge in [-0.3, -0.25) is 0 Å². The number of benzene rings is 2. The summed E-state index contributed by atoms with van der Waals surface area (Å²) >= 11 is -2.21. The Balaban J connectivity index is 1.38. The molecule has 2 aromatic rings. The van der Waals surface area contributed by atoms with Crippen molar-refractivity contribution in [2.24, 2.45) is 5.92 Å². The van der Waals surface area contributed by atoms with Gasteiger partial charge in [0.2, 0.25) is 0 Å². The van der Waals surface area contributed by atoms with E-state index in [4.69, 9.17) is 0 Å². The number of allylic oxidation sites excluding steroid dienone is 2. The van der Waals surface area contributed by atoms with E-state index in [9.17, 15) is 0 Å². The van der Waals surface area contributed by atoms with E-state index >= 15 is 0 Å². The molecule has 2 heteroatoms. The summed E-state index contributed by atoms with van der Waals surface area (Å²) in [6.07, 6.45) is 16.7. The Morgan fingerprint density at radius 1 is 0.676 bits per heavy atom. The number of hydrogen-bond donors (Lipinski definition) is 0. The molecule has 0 nitrogen and oxygen atoms in total. The summed E-state index contributed by atoms with van der Waals surface area (Å²) < 4.78 is 1.55. The minimum atomic E-state index is -2.21. The first kappa shape index (κ1) is 22.1. The molecule has 2 unspecified atom stereocenters. The van der Waals surface area contributed by atoms with Crippen molar-refractivity contribution in [2.45, 2.75) is 84.4 Å². The van der Waals surface area contributed by atoms with Crippen LogP contribution in [0.4, 0.5) is 0 Å². The molecule has 7 rings (SSSR count). The third kappa shape index (κ3) is 3.83. The molecule has 0 heterocycles. The third-order valence-electron chi connectivity index (χ3n) is 9.17. The van der Waals surface area contributed by atoms with Crippen LogP contribution in [0.1, 0.15) is 118 Å². The van der Waals surface area contributed by atoms with Gasteiger partial charge in [-0.25, -0.2) is 0 Å². The first-order valence-electron chi connectivity index (χ1n) is 13.8. The Labute approximate surface area is 213 Å². The number of hydrogen-bond acceptors (Lipinski definition) is 0. The average Bonchev–Trinajstić information content (AvgIpc) is 3.75. The van der Waals surface area contributed by atoms with Crippen molar-refractivity contribution in [2.75, 3.05) is 0 Å². The summed E-state index contributed by atoms with van der Waals surface area (Å²) in [6.45, 7) is 4.98. The van der Waals surface area contributed by atoms with E-state index in [0.29, 0.717) is 0 Å². The first-order chi connectivity index (χ1) is 16.7. The van der Waals surface area contributed by atoms with E-state index in [0.717, 1.165) is 30.9 Å². The molecular weight excluding hydrogens is 591 g/mol. The zero-order valence-corrected chi connectivity index (χ0v) is 25.3. The van der Waals surface area contributed by atoms with Gasteiger partial charge in [0.1, 0.15) is 0 Å². The molecule has 3 fully saturated rings. The molecule has 0 N–H and O–H groups in total. The summed E-state index contributed by atoms with van der Waals surface area (Å²) in [6, 6.07) is 14.7. The van der Waals surface area contributed by atoms with Crippen LogP contribution in [0, 0.1) is 5.92 Å². The van der Waals surface area contributed by atoms with E-state index in [-0.39, 0.29) is 0 Å². The normalized spacial score (nSPS) is 25.5. The van der Waals surface area contributed by atoms with Crippen molar-refractivity contribution in [3.8, 4) is 0 Å². The summed E-state index contributed by atoms with van der Waals surface area (Å²) in [7, 11) is 0. The molecule has 2 atom stereocenters. The van der Waals surface area contributed by atoms with Crippen LogP contribution in [0.25, 0.3) is 12.2 Å². The molecule has 2 aromatic carbocycles. The summed E-state index contributed by atoms with van der Waals surface area (Å²) in [5, 5.41) is 0. The second-order valence-corrected chi connectivity index (χ2v) is 27.6. The molecule has 34 heavy (non-hydrogen) atoms. The Morgan fingerprint density at radius 3 is 1.62 bits per heavy atom. The molecular formula is C32H36HfSi. The molecule has 0 spiro atoms. The molecule has 3 saturated carbocycles. The van der Waals surface area contributed by atoms with Crippen molar-refractivity contribution < 1.29 is 20.1 Å². The van der Waals surface area contributed by atoms with Gasteiger partial charge in [0.25, 0.3) is 0 Å². The van der Waals surface area contributed by atoms with Crippen molar-refractivity contribution >= 4 is 23.7 Å². The van der Waals surface area contributed by atoms with E-state index in [1.165, 1.54) is 51.4 Å². The summed E-state index contributed by atoms with van der Waals surface area (Å²) in [5.74, 6) is 3.73. The van der Waals surface area contributed by atoms with Crippen LogP contribution in [0.5, 0.6) is 0 Å². The fourth-order valence-electron chi connectivity index (χ4n) is 7.15. The molecule has 172 valence electrons. The van der Waals surface area contributed by atoms with Crippen LogP contribution in [0.2, 0.25) is 0 Å². The Bertz CT molecular complexity index is 1200. The second kappa shape index (κ2) is 8.77. The predicted molar refractivity (Wildman–Crippen MR) is 143 cm³/mol. The van der Waals surface area contributed by atoms with Gasteiger partial charge in [0.05, 0.1) is 0 Å². The van der Waals surface area contributed by atoms with Crippen LogP contribution < -0.4 is 0 Å². The van der Waals surface area contributed by atoms with Crippen molar-refractivity contribution in [1.82, 2.24) is 0 Å². The van der Waals surface area contributed by atoms with Crippen LogP contribution in [-0.4, -0.2) is 11.5 Å². The van der Waals surface area contributed by atoms with Crippen molar-refractivity contribution in [3.63, 3.8) is 0 Å². The predicted octanol–water partition coefficient (Wildman–Crippen LogP) is 8.29. The van der Waals surface area contributed by atoms with E-state index in [2.05, 4.69) is 68.1 Å². The Kier molecular flexibility index (Phi) is 5.70.